The van der Waals surface area contributed by atoms with E-state index in [1.165, 1.54) is 5.56 Å². The number of benzene rings is 1. The lowest BCUT2D eigenvalue weighted by molar-refractivity contribution is 0.743. The quantitative estimate of drug-likeness (QED) is 0.849. The van der Waals surface area contributed by atoms with Crippen LogP contribution in [0.4, 0.5) is 5.69 Å². The van der Waals surface area contributed by atoms with Crippen molar-refractivity contribution >= 4 is 17.3 Å². The topological polar surface area (TPSA) is 37.0 Å². The van der Waals surface area contributed by atoms with Crippen LogP contribution in [0, 0.1) is 6.92 Å². The first-order chi connectivity index (χ1) is 9.65. The van der Waals surface area contributed by atoms with E-state index < -0.39 is 0 Å². The van der Waals surface area contributed by atoms with Crippen molar-refractivity contribution in [3.8, 4) is 0 Å². The van der Waals surface area contributed by atoms with Crippen LogP contribution in [0.25, 0.3) is 0 Å². The Labute approximate surface area is 124 Å². The van der Waals surface area contributed by atoms with Gasteiger partial charge >= 0.3 is 0 Å². The second-order valence-electron chi connectivity index (χ2n) is 4.61. The summed E-state index contributed by atoms with van der Waals surface area (Å²) in [7, 11) is 0. The molecule has 0 saturated carbocycles. The van der Waals surface area contributed by atoms with E-state index in [0.717, 1.165) is 23.6 Å². The number of nitrogens with one attached hydrogen (secondary N) is 2. The van der Waals surface area contributed by atoms with Crippen LogP contribution in [0.5, 0.6) is 0 Å². The third-order valence-electron chi connectivity index (χ3n) is 2.86. The van der Waals surface area contributed by atoms with Gasteiger partial charge < -0.3 is 10.6 Å². The Hall–Kier alpha value is -1.84. The summed E-state index contributed by atoms with van der Waals surface area (Å²) in [6.45, 7) is 7.36. The molecule has 0 atom stereocenters. The predicted octanol–water partition coefficient (Wildman–Crippen LogP) is 3.76. The molecule has 0 aliphatic carbocycles. The van der Waals surface area contributed by atoms with Crippen LogP contribution in [0.2, 0.25) is 5.02 Å². The zero-order valence-electron chi connectivity index (χ0n) is 11.5. The summed E-state index contributed by atoms with van der Waals surface area (Å²) in [6, 6.07) is 12.1. The molecule has 0 saturated heterocycles. The van der Waals surface area contributed by atoms with E-state index in [-0.39, 0.29) is 0 Å². The van der Waals surface area contributed by atoms with Gasteiger partial charge in [0, 0.05) is 18.8 Å². The molecule has 2 aromatic rings. The van der Waals surface area contributed by atoms with Crippen LogP contribution in [0.15, 0.2) is 54.9 Å². The monoisotopic (exact) mass is 287 g/mol. The Bertz CT molecular complexity index is 582. The minimum Gasteiger partial charge on any atom is -0.357 e. The molecule has 0 unspecified atom stereocenters. The maximum Gasteiger partial charge on any atom is 0.0639 e. The lowest BCUT2D eigenvalue weighted by Crippen LogP contribution is -2.19. The Morgan fingerprint density at radius 2 is 2.05 bits per heavy atom. The van der Waals surface area contributed by atoms with Crippen molar-refractivity contribution in [3.63, 3.8) is 0 Å². The predicted molar refractivity (Wildman–Crippen MR) is 84.9 cm³/mol. The van der Waals surface area contributed by atoms with Crippen LogP contribution >= 0.6 is 11.6 Å². The molecule has 1 aromatic heterocycles. The maximum absolute atomic E-state index is 6.03. The van der Waals surface area contributed by atoms with Crippen LogP contribution in [-0.2, 0) is 6.54 Å². The van der Waals surface area contributed by atoms with Gasteiger partial charge in [0.15, 0.2) is 0 Å². The van der Waals surface area contributed by atoms with Crippen molar-refractivity contribution in [1.29, 1.82) is 0 Å². The minimum atomic E-state index is 0.653. The van der Waals surface area contributed by atoms with Crippen molar-refractivity contribution in [1.82, 2.24) is 10.3 Å². The number of aryl methyl sites for hydroxylation is 1. The van der Waals surface area contributed by atoms with Crippen LogP contribution in [0.1, 0.15) is 11.3 Å². The van der Waals surface area contributed by atoms with Gasteiger partial charge in [0.2, 0.25) is 0 Å². The molecule has 1 aromatic carbocycles. The van der Waals surface area contributed by atoms with E-state index in [9.17, 15) is 0 Å². The highest BCUT2D eigenvalue weighted by molar-refractivity contribution is 6.31. The summed E-state index contributed by atoms with van der Waals surface area (Å²) in [4.78, 5) is 4.20. The van der Waals surface area contributed by atoms with Crippen molar-refractivity contribution in [3.05, 3.63) is 71.2 Å². The molecule has 0 radical (unpaired) electrons. The molecule has 0 bridgehead atoms. The molecule has 20 heavy (non-hydrogen) atoms. The Morgan fingerprint density at radius 1 is 1.30 bits per heavy atom. The maximum atomic E-state index is 6.03. The average Bonchev–Trinajstić information content (AvgIpc) is 2.44. The number of pyridine rings is 1. The molecular weight excluding hydrogens is 270 g/mol. The second-order valence-corrected chi connectivity index (χ2v) is 5.02. The first-order valence-electron chi connectivity index (χ1n) is 6.47. The molecule has 0 fully saturated rings. The number of anilines is 1. The van der Waals surface area contributed by atoms with Gasteiger partial charge in [-0.25, -0.2) is 0 Å². The molecule has 2 N–H and O–H groups in total. The van der Waals surface area contributed by atoms with Gasteiger partial charge in [-0.2, -0.15) is 0 Å². The molecule has 0 aliphatic heterocycles. The molecular formula is C16H18ClN3. The van der Waals surface area contributed by atoms with Crippen LogP contribution in [0.3, 0.4) is 0 Å². The smallest absolute Gasteiger partial charge is 0.0639 e. The normalized spacial score (nSPS) is 10.3. The summed E-state index contributed by atoms with van der Waals surface area (Å²) < 4.78 is 0. The van der Waals surface area contributed by atoms with E-state index in [0.29, 0.717) is 11.6 Å². The molecule has 104 valence electrons. The molecule has 4 heteroatoms. The number of aromatic nitrogens is 1. The fourth-order valence-electron chi connectivity index (χ4n) is 1.78. The first-order valence-corrected chi connectivity index (χ1v) is 6.84. The third kappa shape index (κ3) is 4.37. The second kappa shape index (κ2) is 7.08. The highest BCUT2D eigenvalue weighted by Gasteiger charge is 2.00. The van der Waals surface area contributed by atoms with E-state index in [1.54, 1.807) is 6.20 Å². The van der Waals surface area contributed by atoms with E-state index in [2.05, 4.69) is 34.3 Å². The summed E-state index contributed by atoms with van der Waals surface area (Å²) in [5, 5.41) is 7.18. The summed E-state index contributed by atoms with van der Waals surface area (Å²) in [5.74, 6) is 0. The SMILES string of the molecule is C=C(CNCc1ccccc1)Nc1cnc(C)c(Cl)c1. The van der Waals surface area contributed by atoms with Gasteiger partial charge in [0.05, 0.1) is 22.6 Å². The zero-order valence-corrected chi connectivity index (χ0v) is 12.2. The average molecular weight is 288 g/mol. The number of halogens is 1. The fraction of sp³-hybridized carbons (Fsp3) is 0.188. The molecule has 1 heterocycles. The van der Waals surface area contributed by atoms with E-state index in [4.69, 9.17) is 11.6 Å². The molecule has 0 amide bonds. The summed E-state index contributed by atoms with van der Waals surface area (Å²) >= 11 is 6.03. The minimum absolute atomic E-state index is 0.653. The Kier molecular flexibility index (Phi) is 5.16. The lowest BCUT2D eigenvalue weighted by Gasteiger charge is -2.11. The Morgan fingerprint density at radius 3 is 2.75 bits per heavy atom. The van der Waals surface area contributed by atoms with Gasteiger partial charge in [-0.15, -0.1) is 0 Å². The number of hydrogen-bond donors (Lipinski definition) is 2. The molecule has 0 spiro atoms. The fourth-order valence-corrected chi connectivity index (χ4v) is 1.94. The lowest BCUT2D eigenvalue weighted by atomic mass is 10.2. The van der Waals surface area contributed by atoms with Gasteiger partial charge in [-0.1, -0.05) is 48.5 Å². The van der Waals surface area contributed by atoms with Gasteiger partial charge in [0.25, 0.3) is 0 Å². The van der Waals surface area contributed by atoms with Crippen LogP contribution in [-0.4, -0.2) is 11.5 Å². The van der Waals surface area contributed by atoms with Crippen molar-refractivity contribution in [2.75, 3.05) is 11.9 Å². The van der Waals surface area contributed by atoms with Gasteiger partial charge in [-0.05, 0) is 18.6 Å². The van der Waals surface area contributed by atoms with Crippen molar-refractivity contribution < 1.29 is 0 Å². The van der Waals surface area contributed by atoms with Crippen LogP contribution < -0.4 is 10.6 Å². The van der Waals surface area contributed by atoms with E-state index >= 15 is 0 Å². The first kappa shape index (κ1) is 14.6. The standard InChI is InChI=1S/C16H18ClN3/c1-12(9-18-10-14-6-4-3-5-7-14)20-15-8-16(17)13(2)19-11-15/h3-8,11,18,20H,1,9-10H2,2H3. The van der Waals surface area contributed by atoms with Gasteiger partial charge in [-0.3, -0.25) is 4.98 Å². The van der Waals surface area contributed by atoms with Gasteiger partial charge in [0.1, 0.15) is 0 Å². The van der Waals surface area contributed by atoms with Crippen molar-refractivity contribution in [2.24, 2.45) is 0 Å². The van der Waals surface area contributed by atoms with E-state index in [1.807, 2.05) is 31.2 Å². The van der Waals surface area contributed by atoms with Crippen molar-refractivity contribution in [2.45, 2.75) is 13.5 Å². The number of hydrogen-bond acceptors (Lipinski definition) is 3. The number of rotatable bonds is 6. The molecule has 2 rings (SSSR count). The summed E-state index contributed by atoms with van der Waals surface area (Å²) in [5.41, 5.74) is 3.81. The Balaban J connectivity index is 1.79. The molecule has 3 nitrogen and oxygen atoms in total. The number of nitrogens with zero attached hydrogens (tertiary/aromatic N) is 1. The molecule has 0 aliphatic rings. The summed E-state index contributed by atoms with van der Waals surface area (Å²) in [6.07, 6.45) is 1.75. The largest absolute Gasteiger partial charge is 0.357 e. The third-order valence-corrected chi connectivity index (χ3v) is 3.24. The zero-order chi connectivity index (χ0) is 14.4. The highest BCUT2D eigenvalue weighted by Crippen LogP contribution is 2.18. The highest BCUT2D eigenvalue weighted by atomic mass is 35.5.